The first-order valence-corrected chi connectivity index (χ1v) is 10.4. The minimum absolute atomic E-state index is 0.0643. The summed E-state index contributed by atoms with van der Waals surface area (Å²) in [7, 11) is 0. The molecule has 2 N–H and O–H groups in total. The van der Waals surface area contributed by atoms with Crippen LogP contribution in [0.25, 0.3) is 0 Å². The minimum Gasteiger partial charge on any atom is -0.357 e. The summed E-state index contributed by atoms with van der Waals surface area (Å²) >= 11 is 3.67. The SMILES string of the molecule is CCNC(=NCC(C)(C)c1ccccc1Br)NC1CCc2nc(C)nn2C1. The van der Waals surface area contributed by atoms with Crippen molar-refractivity contribution in [1.29, 1.82) is 0 Å². The molecule has 146 valence electrons. The molecule has 7 heteroatoms. The molecule has 0 spiro atoms. The molecule has 0 saturated heterocycles. The Hall–Kier alpha value is -1.89. The number of fused-ring (bicyclic) bond motifs is 1. The summed E-state index contributed by atoms with van der Waals surface area (Å²) < 4.78 is 3.15. The van der Waals surface area contributed by atoms with E-state index in [1.807, 2.05) is 17.7 Å². The summed E-state index contributed by atoms with van der Waals surface area (Å²) in [6.07, 6.45) is 1.98. The second kappa shape index (κ2) is 8.42. The van der Waals surface area contributed by atoms with E-state index in [9.17, 15) is 0 Å². The topological polar surface area (TPSA) is 67.1 Å². The number of guanidine groups is 1. The van der Waals surface area contributed by atoms with Gasteiger partial charge in [0.2, 0.25) is 0 Å². The standard InChI is InChI=1S/C20H29BrN6/c1-5-22-19(23-13-20(3,4)16-8-6-7-9-17(16)21)25-15-10-11-18-24-14(2)26-27(18)12-15/h6-9,15H,5,10-13H2,1-4H3,(H2,22,23,25). The molecule has 0 saturated carbocycles. The fourth-order valence-corrected chi connectivity index (χ4v) is 4.26. The largest absolute Gasteiger partial charge is 0.357 e. The number of aryl methyl sites for hydroxylation is 2. The van der Waals surface area contributed by atoms with Crippen LogP contribution >= 0.6 is 15.9 Å². The average molecular weight is 433 g/mol. The summed E-state index contributed by atoms with van der Waals surface area (Å²) in [6, 6.07) is 8.68. The molecule has 3 rings (SSSR count). The van der Waals surface area contributed by atoms with Gasteiger partial charge < -0.3 is 10.6 Å². The van der Waals surface area contributed by atoms with Gasteiger partial charge in [-0.3, -0.25) is 4.99 Å². The van der Waals surface area contributed by atoms with Crippen molar-refractivity contribution < 1.29 is 0 Å². The third kappa shape index (κ3) is 4.89. The number of aliphatic imine (C=N–C) groups is 1. The highest BCUT2D eigenvalue weighted by Crippen LogP contribution is 2.30. The van der Waals surface area contributed by atoms with Crippen LogP contribution in [-0.2, 0) is 18.4 Å². The molecule has 0 fully saturated rings. The van der Waals surface area contributed by atoms with E-state index in [4.69, 9.17) is 4.99 Å². The summed E-state index contributed by atoms with van der Waals surface area (Å²) in [6.45, 7) is 10.9. The van der Waals surface area contributed by atoms with Gasteiger partial charge in [-0.05, 0) is 31.9 Å². The Morgan fingerprint density at radius 1 is 1.37 bits per heavy atom. The monoisotopic (exact) mass is 432 g/mol. The lowest BCUT2D eigenvalue weighted by molar-refractivity contribution is 0.391. The number of benzene rings is 1. The molecule has 1 unspecified atom stereocenters. The summed E-state index contributed by atoms with van der Waals surface area (Å²) in [5.41, 5.74) is 1.20. The van der Waals surface area contributed by atoms with Crippen molar-refractivity contribution in [2.75, 3.05) is 13.1 Å². The molecule has 1 aliphatic heterocycles. The second-order valence-corrected chi connectivity index (χ2v) is 8.55. The van der Waals surface area contributed by atoms with Crippen molar-refractivity contribution in [2.24, 2.45) is 4.99 Å². The number of rotatable bonds is 5. The van der Waals surface area contributed by atoms with Gasteiger partial charge in [-0.15, -0.1) is 0 Å². The maximum Gasteiger partial charge on any atom is 0.191 e. The highest BCUT2D eigenvalue weighted by Gasteiger charge is 2.24. The van der Waals surface area contributed by atoms with E-state index >= 15 is 0 Å². The van der Waals surface area contributed by atoms with Crippen molar-refractivity contribution in [3.05, 3.63) is 46.0 Å². The lowest BCUT2D eigenvalue weighted by Gasteiger charge is -2.27. The van der Waals surface area contributed by atoms with E-state index in [0.29, 0.717) is 12.6 Å². The molecule has 1 aromatic carbocycles. The van der Waals surface area contributed by atoms with Gasteiger partial charge in [0.1, 0.15) is 11.6 Å². The molecule has 0 radical (unpaired) electrons. The number of nitrogens with one attached hydrogen (secondary N) is 2. The summed E-state index contributed by atoms with van der Waals surface area (Å²) in [5, 5.41) is 11.5. The van der Waals surface area contributed by atoms with Crippen molar-refractivity contribution in [2.45, 2.75) is 58.5 Å². The molecular formula is C20H29BrN6. The van der Waals surface area contributed by atoms with Crippen LogP contribution in [0, 0.1) is 6.92 Å². The molecule has 27 heavy (non-hydrogen) atoms. The smallest absolute Gasteiger partial charge is 0.191 e. The highest BCUT2D eigenvalue weighted by atomic mass is 79.9. The molecule has 1 atom stereocenters. The van der Waals surface area contributed by atoms with Crippen molar-refractivity contribution in [1.82, 2.24) is 25.4 Å². The Morgan fingerprint density at radius 3 is 2.89 bits per heavy atom. The quantitative estimate of drug-likeness (QED) is 0.562. The molecule has 2 heterocycles. The number of aromatic nitrogens is 3. The molecule has 0 bridgehead atoms. The highest BCUT2D eigenvalue weighted by molar-refractivity contribution is 9.10. The van der Waals surface area contributed by atoms with Crippen LogP contribution in [0.2, 0.25) is 0 Å². The van der Waals surface area contributed by atoms with Gasteiger partial charge in [0, 0.05) is 28.9 Å². The van der Waals surface area contributed by atoms with E-state index in [0.717, 1.165) is 48.0 Å². The van der Waals surface area contributed by atoms with Crippen LogP contribution in [0.1, 0.15) is 44.4 Å². The van der Waals surface area contributed by atoms with E-state index in [1.165, 1.54) is 5.56 Å². The van der Waals surface area contributed by atoms with Gasteiger partial charge in [0.05, 0.1) is 13.1 Å². The fraction of sp³-hybridized carbons (Fsp3) is 0.550. The zero-order valence-electron chi connectivity index (χ0n) is 16.6. The third-order valence-corrected chi connectivity index (χ3v) is 5.58. The van der Waals surface area contributed by atoms with E-state index in [-0.39, 0.29) is 5.41 Å². The Kier molecular flexibility index (Phi) is 6.19. The van der Waals surface area contributed by atoms with Gasteiger partial charge in [-0.25, -0.2) is 9.67 Å². The average Bonchev–Trinajstić information content (AvgIpc) is 2.99. The maximum atomic E-state index is 4.89. The summed E-state index contributed by atoms with van der Waals surface area (Å²) in [5.74, 6) is 2.80. The van der Waals surface area contributed by atoms with Gasteiger partial charge >= 0.3 is 0 Å². The van der Waals surface area contributed by atoms with Crippen LogP contribution in [0.15, 0.2) is 33.7 Å². The Labute approximate surface area is 170 Å². The number of hydrogen-bond acceptors (Lipinski definition) is 3. The first-order chi connectivity index (χ1) is 12.9. The van der Waals surface area contributed by atoms with Crippen LogP contribution in [-0.4, -0.2) is 39.9 Å². The van der Waals surface area contributed by atoms with Gasteiger partial charge in [0.25, 0.3) is 0 Å². The molecular weight excluding hydrogens is 404 g/mol. The number of nitrogens with zero attached hydrogens (tertiary/aromatic N) is 4. The van der Waals surface area contributed by atoms with Crippen LogP contribution in [0.4, 0.5) is 0 Å². The fourth-order valence-electron chi connectivity index (χ4n) is 3.44. The maximum absolute atomic E-state index is 4.89. The van der Waals surface area contributed by atoms with Crippen LogP contribution < -0.4 is 10.6 Å². The predicted molar refractivity (Wildman–Crippen MR) is 113 cm³/mol. The van der Waals surface area contributed by atoms with E-state index < -0.39 is 0 Å². The molecule has 0 aliphatic carbocycles. The zero-order chi connectivity index (χ0) is 19.4. The van der Waals surface area contributed by atoms with E-state index in [2.05, 4.69) is 75.6 Å². The van der Waals surface area contributed by atoms with Crippen molar-refractivity contribution in [3.8, 4) is 0 Å². The van der Waals surface area contributed by atoms with Gasteiger partial charge in [-0.2, -0.15) is 5.10 Å². The Balaban J connectivity index is 1.69. The Bertz CT molecular complexity index is 811. The molecule has 0 amide bonds. The van der Waals surface area contributed by atoms with Crippen LogP contribution in [0.5, 0.6) is 0 Å². The van der Waals surface area contributed by atoms with Gasteiger partial charge in [-0.1, -0.05) is 48.0 Å². The first-order valence-electron chi connectivity index (χ1n) is 9.59. The number of halogens is 1. The zero-order valence-corrected chi connectivity index (χ0v) is 18.2. The lowest BCUT2D eigenvalue weighted by Crippen LogP contribution is -2.47. The molecule has 6 nitrogen and oxygen atoms in total. The molecule has 1 aliphatic rings. The minimum atomic E-state index is -0.0643. The second-order valence-electron chi connectivity index (χ2n) is 7.70. The predicted octanol–water partition coefficient (Wildman–Crippen LogP) is 3.20. The first kappa shape index (κ1) is 19.9. The molecule has 1 aromatic heterocycles. The van der Waals surface area contributed by atoms with E-state index in [1.54, 1.807) is 0 Å². The van der Waals surface area contributed by atoms with Crippen molar-refractivity contribution in [3.63, 3.8) is 0 Å². The molecule has 2 aromatic rings. The van der Waals surface area contributed by atoms with Crippen molar-refractivity contribution >= 4 is 21.9 Å². The third-order valence-electron chi connectivity index (χ3n) is 4.88. The Morgan fingerprint density at radius 2 is 2.15 bits per heavy atom. The lowest BCUT2D eigenvalue weighted by atomic mass is 9.85. The summed E-state index contributed by atoms with van der Waals surface area (Å²) in [4.78, 5) is 9.37. The van der Waals surface area contributed by atoms with Crippen LogP contribution in [0.3, 0.4) is 0 Å². The normalized spacial score (nSPS) is 17.5. The number of hydrogen-bond donors (Lipinski definition) is 2. The van der Waals surface area contributed by atoms with Gasteiger partial charge in [0.15, 0.2) is 5.96 Å².